The van der Waals surface area contributed by atoms with Gasteiger partial charge < -0.3 is 19.9 Å². The van der Waals surface area contributed by atoms with Gasteiger partial charge in [0.05, 0.1) is 6.61 Å². The van der Waals surface area contributed by atoms with Crippen LogP contribution in [0, 0.1) is 0 Å². The third-order valence-electron chi connectivity index (χ3n) is 4.23. The highest BCUT2D eigenvalue weighted by Gasteiger charge is 2.34. The second-order valence-electron chi connectivity index (χ2n) is 6.59. The van der Waals surface area contributed by atoms with Gasteiger partial charge in [0, 0.05) is 23.5 Å². The number of carboxylic acid groups (broad SMARTS) is 1. The van der Waals surface area contributed by atoms with Gasteiger partial charge in [0.25, 0.3) is 5.91 Å². The summed E-state index contributed by atoms with van der Waals surface area (Å²) in [7, 11) is 0. The third kappa shape index (κ3) is 5.45. The molecule has 2 rings (SSSR count). The molecule has 28 heavy (non-hydrogen) atoms. The molecule has 1 unspecified atom stereocenters. The van der Waals surface area contributed by atoms with E-state index < -0.39 is 17.4 Å². The maximum Gasteiger partial charge on any atom is 0.329 e. The highest BCUT2D eigenvalue weighted by molar-refractivity contribution is 5.98. The van der Waals surface area contributed by atoms with Gasteiger partial charge in [-0.1, -0.05) is 19.4 Å². The Balaban J connectivity index is 2.18. The van der Waals surface area contributed by atoms with Crippen molar-refractivity contribution in [3.63, 3.8) is 0 Å². The Morgan fingerprint density at radius 3 is 2.57 bits per heavy atom. The van der Waals surface area contributed by atoms with Crippen molar-refractivity contribution in [2.45, 2.75) is 45.8 Å². The van der Waals surface area contributed by atoms with E-state index in [0.29, 0.717) is 43.1 Å². The number of carboxylic acids is 1. The fraction of sp³-hybridized carbons (Fsp3) is 0.381. The van der Waals surface area contributed by atoms with Crippen LogP contribution in [0.15, 0.2) is 42.7 Å². The topological polar surface area (TPSA) is 97.8 Å². The molecule has 2 N–H and O–H groups in total. The van der Waals surface area contributed by atoms with Crippen LogP contribution in [0.5, 0.6) is 11.5 Å². The SMILES string of the molecule is CCCC(C)(NC(=O)c1ccc(OCc2cccnc2)c(OCC)c1)C(=O)O. The van der Waals surface area contributed by atoms with Crippen molar-refractivity contribution in [1.82, 2.24) is 10.3 Å². The Hall–Kier alpha value is -3.09. The van der Waals surface area contributed by atoms with E-state index in [1.54, 1.807) is 30.6 Å². The van der Waals surface area contributed by atoms with Crippen LogP contribution < -0.4 is 14.8 Å². The van der Waals surface area contributed by atoms with E-state index in [-0.39, 0.29) is 0 Å². The van der Waals surface area contributed by atoms with E-state index in [1.165, 1.54) is 6.92 Å². The summed E-state index contributed by atoms with van der Waals surface area (Å²) < 4.78 is 11.4. The average molecular weight is 386 g/mol. The number of ether oxygens (including phenoxy) is 2. The van der Waals surface area contributed by atoms with Crippen molar-refractivity contribution < 1.29 is 24.2 Å². The first-order valence-corrected chi connectivity index (χ1v) is 9.24. The zero-order valence-corrected chi connectivity index (χ0v) is 16.4. The van der Waals surface area contributed by atoms with Gasteiger partial charge in [0.15, 0.2) is 11.5 Å². The molecule has 1 atom stereocenters. The van der Waals surface area contributed by atoms with Crippen molar-refractivity contribution in [3.8, 4) is 11.5 Å². The van der Waals surface area contributed by atoms with E-state index in [2.05, 4.69) is 10.3 Å². The number of nitrogens with one attached hydrogen (secondary N) is 1. The molecule has 2 aromatic rings. The quantitative estimate of drug-likeness (QED) is 0.649. The molecule has 7 heteroatoms. The number of hydrogen-bond acceptors (Lipinski definition) is 5. The van der Waals surface area contributed by atoms with E-state index in [0.717, 1.165) is 5.56 Å². The van der Waals surface area contributed by atoms with Gasteiger partial charge in [-0.15, -0.1) is 0 Å². The van der Waals surface area contributed by atoms with Crippen LogP contribution >= 0.6 is 0 Å². The molecule has 150 valence electrons. The Kier molecular flexibility index (Phi) is 7.37. The molecule has 0 fully saturated rings. The maximum atomic E-state index is 12.6. The first-order valence-electron chi connectivity index (χ1n) is 9.24. The molecule has 1 aromatic heterocycles. The molecule has 0 aliphatic heterocycles. The van der Waals surface area contributed by atoms with Crippen LogP contribution in [-0.4, -0.2) is 34.1 Å². The van der Waals surface area contributed by atoms with Crippen LogP contribution in [-0.2, 0) is 11.4 Å². The van der Waals surface area contributed by atoms with E-state index in [4.69, 9.17) is 9.47 Å². The number of hydrogen-bond donors (Lipinski definition) is 2. The van der Waals surface area contributed by atoms with Gasteiger partial charge >= 0.3 is 5.97 Å². The van der Waals surface area contributed by atoms with Crippen LogP contribution in [0.25, 0.3) is 0 Å². The van der Waals surface area contributed by atoms with Crippen molar-refractivity contribution in [2.75, 3.05) is 6.61 Å². The molecular formula is C21H26N2O5. The number of pyridine rings is 1. The normalized spacial score (nSPS) is 12.7. The summed E-state index contributed by atoms with van der Waals surface area (Å²) in [5.74, 6) is -0.620. The molecule has 0 spiro atoms. The van der Waals surface area contributed by atoms with Gasteiger partial charge in [0.1, 0.15) is 12.1 Å². The van der Waals surface area contributed by atoms with Gasteiger partial charge in [-0.3, -0.25) is 9.78 Å². The monoisotopic (exact) mass is 386 g/mol. The number of aromatic nitrogens is 1. The highest BCUT2D eigenvalue weighted by Crippen LogP contribution is 2.29. The second kappa shape index (κ2) is 9.73. The number of carbonyl (C=O) groups excluding carboxylic acids is 1. The van der Waals surface area contributed by atoms with Crippen LogP contribution in [0.2, 0.25) is 0 Å². The van der Waals surface area contributed by atoms with Crippen molar-refractivity contribution in [1.29, 1.82) is 0 Å². The summed E-state index contributed by atoms with van der Waals surface area (Å²) in [4.78, 5) is 28.2. The Bertz CT molecular complexity index is 810. The summed E-state index contributed by atoms with van der Waals surface area (Å²) in [5.41, 5.74) is -0.114. The molecule has 0 saturated carbocycles. The summed E-state index contributed by atoms with van der Waals surface area (Å²) in [6.07, 6.45) is 4.36. The summed E-state index contributed by atoms with van der Waals surface area (Å²) in [6, 6.07) is 8.52. The lowest BCUT2D eigenvalue weighted by atomic mass is 9.95. The van der Waals surface area contributed by atoms with Gasteiger partial charge in [-0.05, 0) is 44.5 Å². The minimum absolute atomic E-state index is 0.306. The molecule has 0 radical (unpaired) electrons. The van der Waals surface area contributed by atoms with Gasteiger partial charge in [-0.2, -0.15) is 0 Å². The lowest BCUT2D eigenvalue weighted by Gasteiger charge is -2.26. The largest absolute Gasteiger partial charge is 0.490 e. The standard InChI is InChI=1S/C21H26N2O5/c1-4-10-21(3,20(25)26)23-19(24)16-8-9-17(18(12-16)27-5-2)28-14-15-7-6-11-22-13-15/h6-9,11-13H,4-5,10,14H2,1-3H3,(H,23,24)(H,25,26). The van der Waals surface area contributed by atoms with Crippen LogP contribution in [0.4, 0.5) is 0 Å². The number of aliphatic carboxylic acids is 1. The number of benzene rings is 1. The smallest absolute Gasteiger partial charge is 0.329 e. The third-order valence-corrected chi connectivity index (χ3v) is 4.23. The number of amides is 1. The fourth-order valence-corrected chi connectivity index (χ4v) is 2.73. The summed E-state index contributed by atoms with van der Waals surface area (Å²) in [6.45, 7) is 5.92. The average Bonchev–Trinajstić information content (AvgIpc) is 2.68. The van der Waals surface area contributed by atoms with Crippen LogP contribution in [0.3, 0.4) is 0 Å². The minimum Gasteiger partial charge on any atom is -0.490 e. The predicted molar refractivity (Wildman–Crippen MR) is 105 cm³/mol. The molecule has 1 amide bonds. The Morgan fingerprint density at radius 1 is 1.18 bits per heavy atom. The first-order chi connectivity index (χ1) is 13.4. The molecular weight excluding hydrogens is 360 g/mol. The molecule has 0 saturated heterocycles. The van der Waals surface area contributed by atoms with E-state index >= 15 is 0 Å². The number of nitrogens with zero attached hydrogens (tertiary/aromatic N) is 1. The molecule has 0 aliphatic rings. The van der Waals surface area contributed by atoms with E-state index in [1.807, 2.05) is 26.0 Å². The lowest BCUT2D eigenvalue weighted by Crippen LogP contribution is -2.52. The van der Waals surface area contributed by atoms with E-state index in [9.17, 15) is 14.7 Å². The Morgan fingerprint density at radius 2 is 1.96 bits per heavy atom. The molecule has 0 bridgehead atoms. The zero-order valence-electron chi connectivity index (χ0n) is 16.4. The van der Waals surface area contributed by atoms with Crippen molar-refractivity contribution in [3.05, 3.63) is 53.9 Å². The first kappa shape index (κ1) is 21.2. The fourth-order valence-electron chi connectivity index (χ4n) is 2.73. The molecule has 7 nitrogen and oxygen atoms in total. The highest BCUT2D eigenvalue weighted by atomic mass is 16.5. The Labute approximate surface area is 164 Å². The summed E-state index contributed by atoms with van der Waals surface area (Å²) in [5, 5.41) is 12.1. The predicted octanol–water partition coefficient (Wildman–Crippen LogP) is 3.43. The second-order valence-corrected chi connectivity index (χ2v) is 6.59. The zero-order chi connectivity index (χ0) is 20.6. The maximum absolute atomic E-state index is 12.6. The molecule has 1 heterocycles. The van der Waals surface area contributed by atoms with Gasteiger partial charge in [-0.25, -0.2) is 4.79 Å². The van der Waals surface area contributed by atoms with Crippen molar-refractivity contribution in [2.24, 2.45) is 0 Å². The number of carbonyl (C=O) groups is 2. The summed E-state index contributed by atoms with van der Waals surface area (Å²) >= 11 is 0. The number of rotatable bonds is 10. The molecule has 0 aliphatic carbocycles. The minimum atomic E-state index is -1.33. The van der Waals surface area contributed by atoms with Crippen LogP contribution in [0.1, 0.15) is 49.5 Å². The lowest BCUT2D eigenvalue weighted by molar-refractivity contribution is -0.144. The molecule has 1 aromatic carbocycles. The van der Waals surface area contributed by atoms with Gasteiger partial charge in [0.2, 0.25) is 0 Å². The van der Waals surface area contributed by atoms with Crippen molar-refractivity contribution >= 4 is 11.9 Å².